The van der Waals surface area contributed by atoms with Crippen LogP contribution < -0.4 is 15.1 Å². The van der Waals surface area contributed by atoms with E-state index in [0.29, 0.717) is 12.0 Å². The van der Waals surface area contributed by atoms with Crippen molar-refractivity contribution >= 4 is 5.91 Å². The van der Waals surface area contributed by atoms with Gasteiger partial charge in [0.25, 0.3) is 5.91 Å². The first kappa shape index (κ1) is 17.4. The van der Waals surface area contributed by atoms with Crippen molar-refractivity contribution in [2.45, 2.75) is 58.2 Å². The highest BCUT2D eigenvalue weighted by Gasteiger charge is 2.33. The number of amides is 1. The van der Waals surface area contributed by atoms with E-state index >= 15 is 0 Å². The number of hydrogen-bond donors (Lipinski definition) is 3. The fourth-order valence-electron chi connectivity index (χ4n) is 3.58. The molecule has 1 saturated carbocycles. The second-order valence-electron chi connectivity index (χ2n) is 7.99. The number of hydrogen-bond acceptors (Lipinski definition) is 1. The lowest BCUT2D eigenvalue weighted by Gasteiger charge is -2.32. The van der Waals surface area contributed by atoms with Gasteiger partial charge in [-0.3, -0.25) is 4.79 Å². The number of carbonyl (C=O) groups is 1. The summed E-state index contributed by atoms with van der Waals surface area (Å²) < 4.78 is 0. The molecule has 1 atom stereocenters. The van der Waals surface area contributed by atoms with Crippen molar-refractivity contribution in [3.8, 4) is 0 Å². The average molecular weight is 332 g/mol. The lowest BCUT2D eigenvalue weighted by atomic mass is 10.0. The molecule has 1 aromatic carbocycles. The summed E-state index contributed by atoms with van der Waals surface area (Å²) >= 11 is 0. The van der Waals surface area contributed by atoms with E-state index in [1.807, 2.05) is 0 Å². The Labute approximate surface area is 146 Å². The summed E-state index contributed by atoms with van der Waals surface area (Å²) in [6.45, 7) is 12.2. The van der Waals surface area contributed by atoms with Gasteiger partial charge in [-0.05, 0) is 31.2 Å². The number of piperazine rings is 1. The second-order valence-corrected chi connectivity index (χ2v) is 7.99. The van der Waals surface area contributed by atoms with Crippen molar-refractivity contribution in [2.24, 2.45) is 0 Å². The Morgan fingerprint density at radius 2 is 1.71 bits per heavy atom. The smallest absolute Gasteiger partial charge is 0.278 e. The molecule has 1 saturated heterocycles. The summed E-state index contributed by atoms with van der Waals surface area (Å²) in [5, 5.41) is 3.15. The molecule has 1 heterocycles. The predicted molar refractivity (Wildman–Crippen MR) is 96.3 cm³/mol. The van der Waals surface area contributed by atoms with E-state index in [9.17, 15) is 4.79 Å². The van der Waals surface area contributed by atoms with Gasteiger partial charge in [-0.15, -0.1) is 0 Å². The monoisotopic (exact) mass is 331 g/mol. The van der Waals surface area contributed by atoms with Gasteiger partial charge in [-0.25, -0.2) is 0 Å². The van der Waals surface area contributed by atoms with Gasteiger partial charge in [0.1, 0.15) is 32.7 Å². The predicted octanol–water partition coefficient (Wildman–Crippen LogP) is -0.239. The molecule has 3 N–H and O–H groups in total. The fraction of sp³-hybridized carbons (Fsp3) is 0.650. The highest BCUT2D eigenvalue weighted by molar-refractivity contribution is 5.80. The Morgan fingerprint density at radius 1 is 1.08 bits per heavy atom. The van der Waals surface area contributed by atoms with E-state index < -0.39 is 0 Å². The molecule has 0 radical (unpaired) electrons. The van der Waals surface area contributed by atoms with Crippen LogP contribution in [0.2, 0.25) is 0 Å². The maximum atomic E-state index is 12.2. The van der Waals surface area contributed by atoms with Gasteiger partial charge in [0, 0.05) is 11.6 Å². The standard InChI is InChI=1S/C20H31N3O/c1-15(2)18-6-4-17(5-7-18)14-22-10-12-23(13-11-22)16(3)20(24)21-19-8-9-19/h4-7,15-16,19H,8-14H2,1-3H3,(H,21,24)/p+2/t16-/m0/s1. The van der Waals surface area contributed by atoms with Crippen molar-refractivity contribution in [2.75, 3.05) is 26.2 Å². The van der Waals surface area contributed by atoms with Crippen LogP contribution in [0.3, 0.4) is 0 Å². The third kappa shape index (κ3) is 4.58. The molecular weight excluding hydrogens is 298 g/mol. The Bertz CT molecular complexity index is 543. The van der Waals surface area contributed by atoms with Gasteiger partial charge >= 0.3 is 0 Å². The van der Waals surface area contributed by atoms with Crippen molar-refractivity contribution in [1.82, 2.24) is 5.32 Å². The molecule has 2 fully saturated rings. The minimum atomic E-state index is 0.0949. The minimum absolute atomic E-state index is 0.0949. The lowest BCUT2D eigenvalue weighted by molar-refractivity contribution is -1.02. The summed E-state index contributed by atoms with van der Waals surface area (Å²) in [4.78, 5) is 15.3. The maximum absolute atomic E-state index is 12.2. The molecule has 1 aliphatic carbocycles. The number of quaternary nitrogens is 2. The molecule has 0 spiro atoms. The summed E-state index contributed by atoms with van der Waals surface area (Å²) in [6.07, 6.45) is 2.34. The van der Waals surface area contributed by atoms with Crippen LogP contribution in [0, 0.1) is 0 Å². The van der Waals surface area contributed by atoms with Crippen LogP contribution in [0.25, 0.3) is 0 Å². The molecular formula is C20H33N3O+2. The van der Waals surface area contributed by atoms with Gasteiger partial charge in [0.15, 0.2) is 6.04 Å². The molecule has 0 bridgehead atoms. The Morgan fingerprint density at radius 3 is 2.25 bits per heavy atom. The summed E-state index contributed by atoms with van der Waals surface area (Å²) in [6, 6.07) is 9.68. The molecule has 132 valence electrons. The fourth-order valence-corrected chi connectivity index (χ4v) is 3.58. The van der Waals surface area contributed by atoms with Gasteiger partial charge in [-0.2, -0.15) is 0 Å². The van der Waals surface area contributed by atoms with Crippen LogP contribution >= 0.6 is 0 Å². The molecule has 1 aliphatic heterocycles. The minimum Gasteiger partial charge on any atom is -0.348 e. The van der Waals surface area contributed by atoms with Gasteiger partial charge in [0.2, 0.25) is 0 Å². The van der Waals surface area contributed by atoms with Crippen LogP contribution in [0.4, 0.5) is 0 Å². The zero-order valence-corrected chi connectivity index (χ0v) is 15.4. The van der Waals surface area contributed by atoms with Crippen LogP contribution in [0.1, 0.15) is 50.7 Å². The highest BCUT2D eigenvalue weighted by Crippen LogP contribution is 2.18. The zero-order chi connectivity index (χ0) is 17.1. The van der Waals surface area contributed by atoms with E-state index in [1.54, 1.807) is 4.90 Å². The molecule has 4 nitrogen and oxygen atoms in total. The number of rotatable bonds is 6. The summed E-state index contributed by atoms with van der Waals surface area (Å²) in [7, 11) is 0. The van der Waals surface area contributed by atoms with E-state index in [1.165, 1.54) is 28.9 Å². The summed E-state index contributed by atoms with van der Waals surface area (Å²) in [5.74, 6) is 0.849. The maximum Gasteiger partial charge on any atom is 0.278 e. The van der Waals surface area contributed by atoms with Gasteiger partial charge in [0.05, 0.1) is 0 Å². The molecule has 1 aromatic rings. The molecule has 0 unspecified atom stereocenters. The summed E-state index contributed by atoms with van der Waals surface area (Å²) in [5.41, 5.74) is 2.84. The van der Waals surface area contributed by atoms with Crippen molar-refractivity contribution in [1.29, 1.82) is 0 Å². The molecule has 3 rings (SSSR count). The van der Waals surface area contributed by atoms with Crippen molar-refractivity contribution < 1.29 is 14.6 Å². The molecule has 24 heavy (non-hydrogen) atoms. The lowest BCUT2D eigenvalue weighted by Crippen LogP contribution is -3.29. The number of benzene rings is 1. The van der Waals surface area contributed by atoms with Crippen molar-refractivity contribution in [3.63, 3.8) is 0 Å². The molecule has 1 amide bonds. The van der Waals surface area contributed by atoms with E-state index in [-0.39, 0.29) is 11.9 Å². The largest absolute Gasteiger partial charge is 0.348 e. The molecule has 0 aromatic heterocycles. The first-order chi connectivity index (χ1) is 11.5. The molecule has 4 heteroatoms. The van der Waals surface area contributed by atoms with E-state index in [4.69, 9.17) is 0 Å². The quantitative estimate of drug-likeness (QED) is 0.661. The average Bonchev–Trinajstić information content (AvgIpc) is 3.39. The Kier molecular flexibility index (Phi) is 5.57. The highest BCUT2D eigenvalue weighted by atomic mass is 16.2. The molecule has 2 aliphatic rings. The topological polar surface area (TPSA) is 38.0 Å². The first-order valence-electron chi connectivity index (χ1n) is 9.60. The first-order valence-corrected chi connectivity index (χ1v) is 9.60. The normalized spacial score (nSPS) is 25.5. The van der Waals surface area contributed by atoms with Crippen LogP contribution in [-0.2, 0) is 11.3 Å². The van der Waals surface area contributed by atoms with Crippen molar-refractivity contribution in [3.05, 3.63) is 35.4 Å². The third-order valence-electron chi connectivity index (χ3n) is 5.63. The second kappa shape index (κ2) is 7.66. The number of carbonyl (C=O) groups excluding carboxylic acids is 1. The Balaban J connectivity index is 1.45. The van der Waals surface area contributed by atoms with E-state index in [0.717, 1.165) is 32.7 Å². The van der Waals surface area contributed by atoms with Gasteiger partial charge < -0.3 is 15.1 Å². The number of nitrogens with one attached hydrogen (secondary N) is 3. The van der Waals surface area contributed by atoms with Crippen LogP contribution in [0.5, 0.6) is 0 Å². The van der Waals surface area contributed by atoms with E-state index in [2.05, 4.69) is 50.4 Å². The zero-order valence-electron chi connectivity index (χ0n) is 15.4. The Hall–Kier alpha value is -1.39. The van der Waals surface area contributed by atoms with Gasteiger partial charge in [-0.1, -0.05) is 38.1 Å². The van der Waals surface area contributed by atoms with Crippen LogP contribution in [-0.4, -0.2) is 44.2 Å². The SMILES string of the molecule is CC(C)c1ccc(C[NH+]2CC[NH+]([C@@H](C)C(=O)NC3CC3)CC2)cc1. The third-order valence-corrected chi connectivity index (χ3v) is 5.63. The van der Waals surface area contributed by atoms with Crippen LogP contribution in [0.15, 0.2) is 24.3 Å².